The Hall–Kier alpha value is -1.33. The first-order valence-corrected chi connectivity index (χ1v) is 7.52. The van der Waals surface area contributed by atoms with Crippen LogP contribution in [0.25, 0.3) is 0 Å². The molecule has 1 fully saturated rings. The average Bonchev–Trinajstić information content (AvgIpc) is 2.98. The molecule has 0 radical (unpaired) electrons. The van der Waals surface area contributed by atoms with Gasteiger partial charge in [-0.1, -0.05) is 6.92 Å². The van der Waals surface area contributed by atoms with Gasteiger partial charge in [-0.25, -0.2) is 4.98 Å². The number of aliphatic hydroxyl groups is 1. The molecule has 112 valence electrons. The van der Waals surface area contributed by atoms with E-state index in [9.17, 15) is 5.11 Å². The highest BCUT2D eigenvalue weighted by atomic mass is 16.5. The van der Waals surface area contributed by atoms with Crippen molar-refractivity contribution in [2.45, 2.75) is 32.2 Å². The van der Waals surface area contributed by atoms with Crippen LogP contribution in [0.15, 0.2) is 18.3 Å². The highest BCUT2D eigenvalue weighted by Gasteiger charge is 2.20. The zero-order valence-corrected chi connectivity index (χ0v) is 12.2. The van der Waals surface area contributed by atoms with Crippen LogP contribution < -0.4 is 15.0 Å². The second-order valence-corrected chi connectivity index (χ2v) is 5.14. The van der Waals surface area contributed by atoms with Gasteiger partial charge in [-0.2, -0.15) is 0 Å². The van der Waals surface area contributed by atoms with Crippen molar-refractivity contribution in [1.29, 1.82) is 0 Å². The Labute approximate surface area is 121 Å². The van der Waals surface area contributed by atoms with Gasteiger partial charge in [0, 0.05) is 25.3 Å². The molecule has 1 aromatic rings. The van der Waals surface area contributed by atoms with Gasteiger partial charge in [-0.3, -0.25) is 0 Å². The van der Waals surface area contributed by atoms with Crippen LogP contribution in [-0.2, 0) is 0 Å². The predicted molar refractivity (Wildman–Crippen MR) is 80.3 cm³/mol. The molecule has 5 nitrogen and oxygen atoms in total. The van der Waals surface area contributed by atoms with Gasteiger partial charge in [-0.15, -0.1) is 0 Å². The summed E-state index contributed by atoms with van der Waals surface area (Å²) in [7, 11) is 0. The SMILES string of the molecule is CCCOc1cccnc1N(CCO)CC1CCCN1. The van der Waals surface area contributed by atoms with E-state index in [4.69, 9.17) is 4.74 Å². The molecule has 1 saturated heterocycles. The molecule has 0 aliphatic carbocycles. The van der Waals surface area contributed by atoms with E-state index in [1.807, 2.05) is 12.1 Å². The van der Waals surface area contributed by atoms with Crippen molar-refractivity contribution in [2.75, 3.05) is 37.7 Å². The fraction of sp³-hybridized carbons (Fsp3) is 0.667. The predicted octanol–water partition coefficient (Wildman–Crippen LogP) is 1.42. The molecule has 1 aliphatic rings. The summed E-state index contributed by atoms with van der Waals surface area (Å²) in [6.45, 7) is 5.42. The third kappa shape index (κ3) is 4.08. The largest absolute Gasteiger partial charge is 0.490 e. The normalized spacial score (nSPS) is 18.2. The van der Waals surface area contributed by atoms with Crippen LogP contribution in [-0.4, -0.2) is 49.0 Å². The maximum absolute atomic E-state index is 9.31. The van der Waals surface area contributed by atoms with Crippen LogP contribution in [0.1, 0.15) is 26.2 Å². The van der Waals surface area contributed by atoms with E-state index in [-0.39, 0.29) is 6.61 Å². The maximum atomic E-state index is 9.31. The van der Waals surface area contributed by atoms with Crippen molar-refractivity contribution < 1.29 is 9.84 Å². The number of ether oxygens (including phenoxy) is 1. The minimum absolute atomic E-state index is 0.122. The fourth-order valence-corrected chi connectivity index (χ4v) is 2.53. The summed E-state index contributed by atoms with van der Waals surface area (Å²) >= 11 is 0. The molecule has 1 aromatic heterocycles. The first-order valence-electron chi connectivity index (χ1n) is 7.52. The minimum atomic E-state index is 0.122. The number of nitrogens with zero attached hydrogens (tertiary/aromatic N) is 2. The van der Waals surface area contributed by atoms with Crippen molar-refractivity contribution in [3.63, 3.8) is 0 Å². The Bertz CT molecular complexity index is 394. The van der Waals surface area contributed by atoms with E-state index in [2.05, 4.69) is 22.1 Å². The molecule has 0 saturated carbocycles. The number of nitrogens with one attached hydrogen (secondary N) is 1. The summed E-state index contributed by atoms with van der Waals surface area (Å²) in [5.41, 5.74) is 0. The summed E-state index contributed by atoms with van der Waals surface area (Å²) in [6.07, 6.45) is 5.15. The van der Waals surface area contributed by atoms with Gasteiger partial charge in [0.2, 0.25) is 0 Å². The molecule has 5 heteroatoms. The number of rotatable bonds is 8. The van der Waals surface area contributed by atoms with Gasteiger partial charge in [-0.05, 0) is 37.9 Å². The first kappa shape index (κ1) is 15.1. The lowest BCUT2D eigenvalue weighted by molar-refractivity contribution is 0.296. The molecular formula is C15H25N3O2. The zero-order valence-electron chi connectivity index (χ0n) is 12.2. The van der Waals surface area contributed by atoms with Crippen LogP contribution in [0.2, 0.25) is 0 Å². The van der Waals surface area contributed by atoms with Crippen molar-refractivity contribution in [3.05, 3.63) is 18.3 Å². The number of hydrogen-bond acceptors (Lipinski definition) is 5. The van der Waals surface area contributed by atoms with Crippen LogP contribution in [0, 0.1) is 0 Å². The molecule has 0 bridgehead atoms. The van der Waals surface area contributed by atoms with Gasteiger partial charge in [0.25, 0.3) is 0 Å². The van der Waals surface area contributed by atoms with Gasteiger partial charge in [0.1, 0.15) is 0 Å². The molecule has 1 unspecified atom stereocenters. The van der Waals surface area contributed by atoms with E-state index < -0.39 is 0 Å². The van der Waals surface area contributed by atoms with E-state index in [1.54, 1.807) is 6.20 Å². The van der Waals surface area contributed by atoms with Crippen LogP contribution in [0.5, 0.6) is 5.75 Å². The molecule has 0 aromatic carbocycles. The molecule has 20 heavy (non-hydrogen) atoms. The highest BCUT2D eigenvalue weighted by molar-refractivity contribution is 5.52. The standard InChI is InChI=1S/C15H25N3O2/c1-2-11-20-14-6-4-8-17-15(14)18(9-10-19)12-13-5-3-7-16-13/h4,6,8,13,16,19H,2-3,5,7,9-12H2,1H3. The smallest absolute Gasteiger partial charge is 0.171 e. The number of pyridine rings is 1. The van der Waals surface area contributed by atoms with Gasteiger partial charge in [0.05, 0.1) is 13.2 Å². The van der Waals surface area contributed by atoms with E-state index >= 15 is 0 Å². The summed E-state index contributed by atoms with van der Waals surface area (Å²) < 4.78 is 5.77. The topological polar surface area (TPSA) is 57.6 Å². The molecule has 0 spiro atoms. The number of aliphatic hydroxyl groups excluding tert-OH is 1. The summed E-state index contributed by atoms with van der Waals surface area (Å²) in [5.74, 6) is 1.64. The molecular weight excluding hydrogens is 254 g/mol. The second kappa shape index (κ2) is 8.07. The second-order valence-electron chi connectivity index (χ2n) is 5.14. The van der Waals surface area contributed by atoms with Crippen molar-refractivity contribution in [2.24, 2.45) is 0 Å². The van der Waals surface area contributed by atoms with Gasteiger partial charge in [0.15, 0.2) is 11.6 Å². The lowest BCUT2D eigenvalue weighted by atomic mass is 10.2. The molecule has 2 heterocycles. The molecule has 1 aliphatic heterocycles. The molecule has 1 atom stereocenters. The van der Waals surface area contributed by atoms with E-state index in [0.29, 0.717) is 19.2 Å². The minimum Gasteiger partial charge on any atom is -0.490 e. The summed E-state index contributed by atoms with van der Waals surface area (Å²) in [6, 6.07) is 4.31. The third-order valence-corrected chi connectivity index (χ3v) is 3.49. The van der Waals surface area contributed by atoms with Crippen LogP contribution in [0.4, 0.5) is 5.82 Å². The average molecular weight is 279 g/mol. The quantitative estimate of drug-likeness (QED) is 0.754. The molecule has 0 amide bonds. The maximum Gasteiger partial charge on any atom is 0.171 e. The molecule has 2 rings (SSSR count). The highest BCUT2D eigenvalue weighted by Crippen LogP contribution is 2.26. The number of hydrogen-bond donors (Lipinski definition) is 2. The monoisotopic (exact) mass is 279 g/mol. The Kier molecular flexibility index (Phi) is 6.08. The lowest BCUT2D eigenvalue weighted by Gasteiger charge is -2.27. The Morgan fingerprint density at radius 1 is 1.55 bits per heavy atom. The van der Waals surface area contributed by atoms with Crippen LogP contribution in [0.3, 0.4) is 0 Å². The Morgan fingerprint density at radius 2 is 2.45 bits per heavy atom. The Morgan fingerprint density at radius 3 is 3.15 bits per heavy atom. The van der Waals surface area contributed by atoms with Crippen molar-refractivity contribution in [1.82, 2.24) is 10.3 Å². The van der Waals surface area contributed by atoms with E-state index in [0.717, 1.165) is 31.1 Å². The van der Waals surface area contributed by atoms with Crippen molar-refractivity contribution in [3.8, 4) is 5.75 Å². The number of anilines is 1. The molecule has 2 N–H and O–H groups in total. The summed E-state index contributed by atoms with van der Waals surface area (Å²) in [4.78, 5) is 6.57. The lowest BCUT2D eigenvalue weighted by Crippen LogP contribution is -2.39. The first-order chi connectivity index (χ1) is 9.85. The van der Waals surface area contributed by atoms with E-state index in [1.165, 1.54) is 12.8 Å². The van der Waals surface area contributed by atoms with Gasteiger partial charge >= 0.3 is 0 Å². The van der Waals surface area contributed by atoms with Crippen molar-refractivity contribution >= 4 is 5.82 Å². The summed E-state index contributed by atoms with van der Waals surface area (Å²) in [5, 5.41) is 12.8. The Balaban J connectivity index is 2.10. The number of aromatic nitrogens is 1. The fourth-order valence-electron chi connectivity index (χ4n) is 2.53. The third-order valence-electron chi connectivity index (χ3n) is 3.49. The zero-order chi connectivity index (χ0) is 14.2. The van der Waals surface area contributed by atoms with Gasteiger partial charge < -0.3 is 20.1 Å². The van der Waals surface area contributed by atoms with Crippen LogP contribution >= 0.6 is 0 Å².